The highest BCUT2D eigenvalue weighted by Crippen LogP contribution is 2.31. The summed E-state index contributed by atoms with van der Waals surface area (Å²) < 4.78 is 60.2. The Labute approximate surface area is 158 Å². The second-order valence-corrected chi connectivity index (χ2v) is 6.45. The van der Waals surface area contributed by atoms with Crippen molar-refractivity contribution in [1.82, 2.24) is 10.3 Å². The molecule has 9 heteroatoms. The number of carbonyl (C=O) groups is 1. The zero-order chi connectivity index (χ0) is 20.1. The standard InChI is InChI=1S/C19H18F4N2O3/c20-16-9-12(1-6-18(16)28-19(21,22)23)17-10-15(7-8-24-17)27-14-4-2-13(3-5-14)25-11-26/h1,6-11,13-14H,2-5H2,(H,25,26). The van der Waals surface area contributed by atoms with Crippen LogP contribution in [0.2, 0.25) is 0 Å². The molecule has 5 nitrogen and oxygen atoms in total. The monoisotopic (exact) mass is 398 g/mol. The minimum atomic E-state index is -4.96. The van der Waals surface area contributed by atoms with E-state index in [1.165, 1.54) is 12.3 Å². The number of alkyl halides is 3. The Hall–Kier alpha value is -2.84. The summed E-state index contributed by atoms with van der Waals surface area (Å²) in [6.45, 7) is 0. The average Bonchev–Trinajstić information content (AvgIpc) is 2.64. The number of rotatable bonds is 6. The largest absolute Gasteiger partial charge is 0.573 e. The predicted octanol–water partition coefficient (Wildman–Crippen LogP) is 4.22. The highest BCUT2D eigenvalue weighted by atomic mass is 19.4. The van der Waals surface area contributed by atoms with Gasteiger partial charge in [0.2, 0.25) is 6.41 Å². The maximum absolute atomic E-state index is 13.9. The third-order valence-corrected chi connectivity index (χ3v) is 4.47. The molecule has 1 aromatic heterocycles. The zero-order valence-electron chi connectivity index (χ0n) is 14.7. The van der Waals surface area contributed by atoms with Gasteiger partial charge in [-0.05, 0) is 49.9 Å². The number of ether oxygens (including phenoxy) is 2. The van der Waals surface area contributed by atoms with Gasteiger partial charge in [0.15, 0.2) is 11.6 Å². The van der Waals surface area contributed by atoms with Crippen LogP contribution in [0.3, 0.4) is 0 Å². The fourth-order valence-electron chi connectivity index (χ4n) is 3.15. The molecule has 1 amide bonds. The normalized spacial score (nSPS) is 19.7. The molecule has 0 atom stereocenters. The molecular formula is C19H18F4N2O3. The quantitative estimate of drug-likeness (QED) is 0.585. The van der Waals surface area contributed by atoms with Gasteiger partial charge in [0.1, 0.15) is 5.75 Å². The molecule has 0 spiro atoms. The van der Waals surface area contributed by atoms with Crippen LogP contribution in [-0.2, 0) is 4.79 Å². The molecule has 1 aliphatic rings. The highest BCUT2D eigenvalue weighted by molar-refractivity contribution is 5.61. The van der Waals surface area contributed by atoms with E-state index in [-0.39, 0.29) is 12.1 Å². The molecular weight excluding hydrogens is 380 g/mol. The Morgan fingerprint density at radius 2 is 1.86 bits per heavy atom. The van der Waals surface area contributed by atoms with Crippen molar-refractivity contribution >= 4 is 6.41 Å². The summed E-state index contributed by atoms with van der Waals surface area (Å²) in [5.74, 6) is -1.50. The number of amides is 1. The van der Waals surface area contributed by atoms with E-state index < -0.39 is 17.9 Å². The SMILES string of the molecule is O=CNC1CCC(Oc2ccnc(-c3ccc(OC(F)(F)F)c(F)c3)c2)CC1. The van der Waals surface area contributed by atoms with Gasteiger partial charge < -0.3 is 14.8 Å². The molecule has 0 bridgehead atoms. The van der Waals surface area contributed by atoms with E-state index >= 15 is 0 Å². The molecule has 28 heavy (non-hydrogen) atoms. The van der Waals surface area contributed by atoms with E-state index in [0.29, 0.717) is 23.4 Å². The van der Waals surface area contributed by atoms with E-state index in [2.05, 4.69) is 15.0 Å². The maximum Gasteiger partial charge on any atom is 0.573 e. The fourth-order valence-corrected chi connectivity index (χ4v) is 3.15. The summed E-state index contributed by atoms with van der Waals surface area (Å²) in [7, 11) is 0. The van der Waals surface area contributed by atoms with Crippen LogP contribution in [0, 0.1) is 5.82 Å². The average molecular weight is 398 g/mol. The number of pyridine rings is 1. The smallest absolute Gasteiger partial charge is 0.490 e. The lowest BCUT2D eigenvalue weighted by molar-refractivity contribution is -0.275. The summed E-state index contributed by atoms with van der Waals surface area (Å²) in [5.41, 5.74) is 0.669. The van der Waals surface area contributed by atoms with Crippen LogP contribution in [-0.4, -0.2) is 29.9 Å². The van der Waals surface area contributed by atoms with Gasteiger partial charge in [-0.25, -0.2) is 4.39 Å². The Balaban J connectivity index is 1.68. The molecule has 0 aliphatic heterocycles. The van der Waals surface area contributed by atoms with Gasteiger partial charge in [0.25, 0.3) is 0 Å². The molecule has 1 saturated carbocycles. The molecule has 0 unspecified atom stereocenters. The number of halogens is 4. The number of hydrogen-bond donors (Lipinski definition) is 1. The molecule has 1 aromatic carbocycles. The third-order valence-electron chi connectivity index (χ3n) is 4.47. The van der Waals surface area contributed by atoms with Gasteiger partial charge in [-0.3, -0.25) is 9.78 Å². The van der Waals surface area contributed by atoms with Crippen molar-refractivity contribution in [3.8, 4) is 22.8 Å². The van der Waals surface area contributed by atoms with Crippen molar-refractivity contribution in [2.45, 2.75) is 44.2 Å². The first-order chi connectivity index (χ1) is 13.3. The van der Waals surface area contributed by atoms with Gasteiger partial charge in [-0.1, -0.05) is 0 Å². The maximum atomic E-state index is 13.9. The molecule has 0 saturated heterocycles. The lowest BCUT2D eigenvalue weighted by Gasteiger charge is -2.28. The van der Waals surface area contributed by atoms with Crippen molar-refractivity contribution in [1.29, 1.82) is 0 Å². The Kier molecular flexibility index (Phi) is 6.01. The number of carbonyl (C=O) groups excluding carboxylic acids is 1. The van der Waals surface area contributed by atoms with E-state index in [1.807, 2.05) is 0 Å². The number of benzene rings is 1. The summed E-state index contributed by atoms with van der Waals surface area (Å²) >= 11 is 0. The van der Waals surface area contributed by atoms with E-state index in [0.717, 1.165) is 37.8 Å². The van der Waals surface area contributed by atoms with Crippen molar-refractivity contribution < 1.29 is 31.8 Å². The fraction of sp³-hybridized carbons (Fsp3) is 0.368. The Morgan fingerprint density at radius 1 is 1.11 bits per heavy atom. The van der Waals surface area contributed by atoms with Gasteiger partial charge >= 0.3 is 6.36 Å². The Bertz CT molecular complexity index is 821. The number of nitrogens with zero attached hydrogens (tertiary/aromatic N) is 1. The van der Waals surface area contributed by atoms with Gasteiger partial charge in [0.05, 0.1) is 11.8 Å². The van der Waals surface area contributed by atoms with Crippen molar-refractivity contribution in [3.63, 3.8) is 0 Å². The molecule has 2 aromatic rings. The van der Waals surface area contributed by atoms with E-state index in [9.17, 15) is 22.4 Å². The molecule has 1 fully saturated rings. The van der Waals surface area contributed by atoms with Crippen LogP contribution >= 0.6 is 0 Å². The lowest BCUT2D eigenvalue weighted by atomic mass is 9.93. The van der Waals surface area contributed by atoms with Crippen molar-refractivity contribution in [3.05, 3.63) is 42.3 Å². The summed E-state index contributed by atoms with van der Waals surface area (Å²) in [4.78, 5) is 14.6. The summed E-state index contributed by atoms with van der Waals surface area (Å²) in [6.07, 6.45) is 0.393. The second-order valence-electron chi connectivity index (χ2n) is 6.45. The third kappa shape index (κ3) is 5.34. The Morgan fingerprint density at radius 3 is 2.50 bits per heavy atom. The van der Waals surface area contributed by atoms with Gasteiger partial charge in [-0.2, -0.15) is 0 Å². The second kappa shape index (κ2) is 8.45. The molecule has 1 heterocycles. The van der Waals surface area contributed by atoms with Crippen LogP contribution in [0.5, 0.6) is 11.5 Å². The molecule has 150 valence electrons. The van der Waals surface area contributed by atoms with Crippen LogP contribution in [0.1, 0.15) is 25.7 Å². The van der Waals surface area contributed by atoms with Crippen LogP contribution in [0.4, 0.5) is 17.6 Å². The first-order valence-electron chi connectivity index (χ1n) is 8.72. The molecule has 1 aliphatic carbocycles. The number of hydrogen-bond acceptors (Lipinski definition) is 4. The molecule has 3 rings (SSSR count). The minimum absolute atomic E-state index is 0.0146. The van der Waals surface area contributed by atoms with Gasteiger partial charge in [-0.15, -0.1) is 13.2 Å². The number of aromatic nitrogens is 1. The van der Waals surface area contributed by atoms with E-state index in [1.54, 1.807) is 12.1 Å². The predicted molar refractivity (Wildman–Crippen MR) is 92.2 cm³/mol. The molecule has 1 N–H and O–H groups in total. The molecule has 0 radical (unpaired) electrons. The first kappa shape index (κ1) is 19.9. The van der Waals surface area contributed by atoms with Crippen molar-refractivity contribution in [2.24, 2.45) is 0 Å². The van der Waals surface area contributed by atoms with Crippen molar-refractivity contribution in [2.75, 3.05) is 0 Å². The first-order valence-corrected chi connectivity index (χ1v) is 8.72. The summed E-state index contributed by atoms with van der Waals surface area (Å²) in [6, 6.07) is 6.57. The summed E-state index contributed by atoms with van der Waals surface area (Å²) in [5, 5.41) is 2.76. The lowest BCUT2D eigenvalue weighted by Crippen LogP contribution is -2.35. The van der Waals surface area contributed by atoms with Crippen LogP contribution in [0.25, 0.3) is 11.3 Å². The minimum Gasteiger partial charge on any atom is -0.490 e. The van der Waals surface area contributed by atoms with E-state index in [4.69, 9.17) is 4.74 Å². The zero-order valence-corrected chi connectivity index (χ0v) is 14.7. The van der Waals surface area contributed by atoms with Crippen LogP contribution < -0.4 is 14.8 Å². The highest BCUT2D eigenvalue weighted by Gasteiger charge is 2.32. The van der Waals surface area contributed by atoms with Gasteiger partial charge in [0, 0.05) is 23.9 Å². The topological polar surface area (TPSA) is 60.5 Å². The van der Waals surface area contributed by atoms with Crippen LogP contribution in [0.15, 0.2) is 36.5 Å². The number of nitrogens with one attached hydrogen (secondary N) is 1.